The van der Waals surface area contributed by atoms with E-state index in [0.29, 0.717) is 11.5 Å². The molecule has 2 rings (SSSR count). The van der Waals surface area contributed by atoms with Crippen LogP contribution in [0.1, 0.15) is 44.9 Å². The molecule has 0 aromatic rings. The summed E-state index contributed by atoms with van der Waals surface area (Å²) >= 11 is 1.86. The van der Waals surface area contributed by atoms with Crippen molar-refractivity contribution in [2.45, 2.75) is 51.0 Å². The zero-order valence-electron chi connectivity index (χ0n) is 12.6. The fourth-order valence-electron chi connectivity index (χ4n) is 3.52. The van der Waals surface area contributed by atoms with E-state index in [2.05, 4.69) is 16.9 Å². The molecule has 0 bridgehead atoms. The molecule has 1 saturated heterocycles. The maximum Gasteiger partial charge on any atom is 0.315 e. The van der Waals surface area contributed by atoms with Gasteiger partial charge in [0.2, 0.25) is 0 Å². The third kappa shape index (κ3) is 4.29. The smallest absolute Gasteiger partial charge is 0.315 e. The maximum absolute atomic E-state index is 12.0. The van der Waals surface area contributed by atoms with Crippen LogP contribution in [-0.4, -0.2) is 43.8 Å². The average molecular weight is 300 g/mol. The molecule has 1 atom stereocenters. The largest absolute Gasteiger partial charge is 0.381 e. The molecule has 1 aliphatic heterocycles. The Hall–Kier alpha value is -0.420. The molecule has 1 aliphatic carbocycles. The lowest BCUT2D eigenvalue weighted by atomic mass is 9.75. The van der Waals surface area contributed by atoms with E-state index in [1.54, 1.807) is 0 Å². The molecule has 2 fully saturated rings. The second kappa shape index (κ2) is 8.13. The van der Waals surface area contributed by atoms with Gasteiger partial charge in [-0.25, -0.2) is 4.79 Å². The van der Waals surface area contributed by atoms with Crippen molar-refractivity contribution in [2.24, 2.45) is 5.41 Å². The van der Waals surface area contributed by atoms with Crippen LogP contribution in [0.2, 0.25) is 0 Å². The van der Waals surface area contributed by atoms with Crippen molar-refractivity contribution in [1.82, 2.24) is 10.6 Å². The molecule has 0 aromatic heterocycles. The zero-order valence-corrected chi connectivity index (χ0v) is 13.4. The van der Waals surface area contributed by atoms with E-state index in [0.717, 1.165) is 45.4 Å². The third-order valence-electron chi connectivity index (χ3n) is 4.76. The van der Waals surface area contributed by atoms with Gasteiger partial charge in [0.05, 0.1) is 0 Å². The summed E-state index contributed by atoms with van der Waals surface area (Å²) in [5.41, 5.74) is 0.314. The number of rotatable bonds is 6. The lowest BCUT2D eigenvalue weighted by Gasteiger charge is -2.39. The summed E-state index contributed by atoms with van der Waals surface area (Å²) in [7, 11) is 0. The van der Waals surface area contributed by atoms with Crippen LogP contribution in [0.3, 0.4) is 0 Å². The van der Waals surface area contributed by atoms with Crippen molar-refractivity contribution >= 4 is 17.8 Å². The van der Waals surface area contributed by atoms with Gasteiger partial charge in [0.25, 0.3) is 0 Å². The van der Waals surface area contributed by atoms with Gasteiger partial charge in [-0.1, -0.05) is 6.42 Å². The Morgan fingerprint density at radius 3 is 2.85 bits per heavy atom. The fourth-order valence-corrected chi connectivity index (χ4v) is 4.02. The van der Waals surface area contributed by atoms with Gasteiger partial charge in [0.1, 0.15) is 0 Å². The van der Waals surface area contributed by atoms with E-state index in [4.69, 9.17) is 4.74 Å². The number of unbranched alkanes of at least 4 members (excludes halogenated alkanes) is 1. The molecule has 1 spiro atoms. The molecule has 2 aliphatic rings. The predicted octanol–water partition coefficient (Wildman–Crippen LogP) is 2.78. The highest BCUT2D eigenvalue weighted by Crippen LogP contribution is 2.45. The highest BCUT2D eigenvalue weighted by molar-refractivity contribution is 7.98. The topological polar surface area (TPSA) is 50.4 Å². The highest BCUT2D eigenvalue weighted by Gasteiger charge is 2.44. The highest BCUT2D eigenvalue weighted by atomic mass is 32.2. The minimum atomic E-state index is 0.0203. The molecule has 1 saturated carbocycles. The quantitative estimate of drug-likeness (QED) is 0.742. The van der Waals surface area contributed by atoms with Gasteiger partial charge in [-0.15, -0.1) is 0 Å². The number of nitrogens with one attached hydrogen (secondary N) is 2. The normalized spacial score (nSPS) is 24.8. The van der Waals surface area contributed by atoms with Gasteiger partial charge in [0.15, 0.2) is 0 Å². The van der Waals surface area contributed by atoms with Crippen LogP contribution in [0.4, 0.5) is 4.79 Å². The van der Waals surface area contributed by atoms with Gasteiger partial charge in [0, 0.05) is 25.8 Å². The number of hydrogen-bond acceptors (Lipinski definition) is 3. The molecule has 4 nitrogen and oxygen atoms in total. The van der Waals surface area contributed by atoms with Crippen LogP contribution < -0.4 is 10.6 Å². The molecule has 2 N–H and O–H groups in total. The molecule has 1 heterocycles. The van der Waals surface area contributed by atoms with Crippen molar-refractivity contribution in [3.63, 3.8) is 0 Å². The van der Waals surface area contributed by atoms with Crippen molar-refractivity contribution < 1.29 is 9.53 Å². The zero-order chi connectivity index (χ0) is 14.3. The van der Waals surface area contributed by atoms with Crippen LogP contribution in [0, 0.1) is 5.41 Å². The molecule has 5 heteroatoms. The first-order valence-corrected chi connectivity index (χ1v) is 9.27. The van der Waals surface area contributed by atoms with Gasteiger partial charge < -0.3 is 15.4 Å². The first-order valence-electron chi connectivity index (χ1n) is 7.88. The second-order valence-electron chi connectivity index (χ2n) is 6.02. The lowest BCUT2D eigenvalue weighted by molar-refractivity contribution is 0.00624. The van der Waals surface area contributed by atoms with Crippen molar-refractivity contribution in [1.29, 1.82) is 0 Å². The minimum Gasteiger partial charge on any atom is -0.381 e. The summed E-state index contributed by atoms with van der Waals surface area (Å²) in [6.07, 6.45) is 10.2. The van der Waals surface area contributed by atoms with Crippen molar-refractivity contribution in [3.05, 3.63) is 0 Å². The molecule has 0 aromatic carbocycles. The van der Waals surface area contributed by atoms with E-state index in [1.807, 2.05) is 11.8 Å². The number of carbonyl (C=O) groups is 1. The fraction of sp³-hybridized carbons (Fsp3) is 0.933. The number of thioether (sulfide) groups is 1. The van der Waals surface area contributed by atoms with Gasteiger partial charge in [-0.2, -0.15) is 11.8 Å². The molecule has 2 amide bonds. The first-order chi connectivity index (χ1) is 9.77. The third-order valence-corrected chi connectivity index (χ3v) is 5.46. The van der Waals surface area contributed by atoms with Crippen LogP contribution in [-0.2, 0) is 4.74 Å². The summed E-state index contributed by atoms with van der Waals surface area (Å²) < 4.78 is 5.48. The Kier molecular flexibility index (Phi) is 6.49. The maximum atomic E-state index is 12.0. The van der Waals surface area contributed by atoms with Gasteiger partial charge in [-0.3, -0.25) is 0 Å². The van der Waals surface area contributed by atoms with E-state index >= 15 is 0 Å². The standard InChI is InChI=1S/C15H28N2O2S/c1-20-12-3-2-9-16-14(18)17-13-5-4-6-15(13)7-10-19-11-8-15/h13H,2-12H2,1H3,(H2,16,17,18)/t13-/m0/s1. The van der Waals surface area contributed by atoms with Crippen LogP contribution >= 0.6 is 11.8 Å². The number of hydrogen-bond donors (Lipinski definition) is 2. The molecule has 0 radical (unpaired) electrons. The Morgan fingerprint density at radius 2 is 2.10 bits per heavy atom. The number of amides is 2. The van der Waals surface area contributed by atoms with Crippen molar-refractivity contribution in [2.75, 3.05) is 31.8 Å². The van der Waals surface area contributed by atoms with Crippen LogP contribution in [0.15, 0.2) is 0 Å². The number of ether oxygens (including phenoxy) is 1. The Labute approximate surface area is 126 Å². The summed E-state index contributed by atoms with van der Waals surface area (Å²) in [6, 6.07) is 0.365. The van der Waals surface area contributed by atoms with E-state index in [-0.39, 0.29) is 6.03 Å². The molecule has 0 unspecified atom stereocenters. The summed E-state index contributed by atoms with van der Waals surface area (Å²) in [5, 5.41) is 6.22. The molecule has 116 valence electrons. The van der Waals surface area contributed by atoms with E-state index in [1.165, 1.54) is 25.0 Å². The molecule has 20 heavy (non-hydrogen) atoms. The van der Waals surface area contributed by atoms with Gasteiger partial charge >= 0.3 is 6.03 Å². The summed E-state index contributed by atoms with van der Waals surface area (Å²) in [6.45, 7) is 2.50. The average Bonchev–Trinajstić information content (AvgIpc) is 2.82. The second-order valence-corrected chi connectivity index (χ2v) is 7.01. The first kappa shape index (κ1) is 16.0. The van der Waals surface area contributed by atoms with Gasteiger partial charge in [-0.05, 0) is 55.9 Å². The predicted molar refractivity (Wildman–Crippen MR) is 84.3 cm³/mol. The Bertz CT molecular complexity index is 306. The Morgan fingerprint density at radius 1 is 1.30 bits per heavy atom. The molecular weight excluding hydrogens is 272 g/mol. The van der Waals surface area contributed by atoms with Crippen LogP contribution in [0.5, 0.6) is 0 Å². The van der Waals surface area contributed by atoms with E-state index in [9.17, 15) is 4.79 Å². The van der Waals surface area contributed by atoms with Crippen molar-refractivity contribution in [3.8, 4) is 0 Å². The number of carbonyl (C=O) groups excluding carboxylic acids is 1. The lowest BCUT2D eigenvalue weighted by Crippen LogP contribution is -2.50. The Balaban J connectivity index is 1.70. The SMILES string of the molecule is CSCCCCNC(=O)N[C@H]1CCCC12CCOCC2. The number of urea groups is 1. The summed E-state index contributed by atoms with van der Waals surface area (Å²) in [5.74, 6) is 1.18. The monoisotopic (exact) mass is 300 g/mol. The van der Waals surface area contributed by atoms with E-state index < -0.39 is 0 Å². The minimum absolute atomic E-state index is 0.0203. The summed E-state index contributed by atoms with van der Waals surface area (Å²) in [4.78, 5) is 12.0. The molecular formula is C15H28N2O2S. The van der Waals surface area contributed by atoms with Crippen LogP contribution in [0.25, 0.3) is 0 Å².